The van der Waals surface area contributed by atoms with Gasteiger partial charge in [-0.1, -0.05) is 19.1 Å². The second-order valence-electron chi connectivity index (χ2n) is 3.65. The molecule has 1 aromatic carbocycles. The highest BCUT2D eigenvalue weighted by Gasteiger charge is 2.26. The molecule has 2 unspecified atom stereocenters. The molecular formula is C13H18O4S. The summed E-state index contributed by atoms with van der Waals surface area (Å²) in [4.78, 5) is 12.3. The molecule has 4 nitrogen and oxygen atoms in total. The molecule has 0 radical (unpaired) electrons. The highest BCUT2D eigenvalue weighted by atomic mass is 32.2. The first-order valence-corrected chi connectivity index (χ1v) is 6.84. The number of esters is 1. The van der Waals surface area contributed by atoms with Crippen LogP contribution in [0.15, 0.2) is 29.2 Å². The zero-order chi connectivity index (χ0) is 13.5. The number of rotatable bonds is 6. The lowest BCUT2D eigenvalue weighted by Crippen LogP contribution is -2.29. The molecule has 5 heteroatoms. The molecule has 0 saturated heterocycles. The second-order valence-corrected chi connectivity index (χ2v) is 4.98. The minimum absolute atomic E-state index is 0.175. The Bertz CT molecular complexity index is 394. The Morgan fingerprint density at radius 1 is 1.39 bits per heavy atom. The molecule has 1 rings (SSSR count). The highest BCUT2D eigenvalue weighted by molar-refractivity contribution is 7.99. The number of hydrogen-bond donors (Lipinski definition) is 2. The van der Waals surface area contributed by atoms with Crippen LogP contribution in [0.1, 0.15) is 25.5 Å². The van der Waals surface area contributed by atoms with Crippen molar-refractivity contribution >= 4 is 17.7 Å². The first kappa shape index (κ1) is 15.0. The fraction of sp³-hybridized carbons (Fsp3) is 0.462. The number of ether oxygens (including phenoxy) is 1. The maximum absolute atomic E-state index is 11.3. The zero-order valence-electron chi connectivity index (χ0n) is 10.5. The summed E-state index contributed by atoms with van der Waals surface area (Å²) < 4.78 is 4.67. The van der Waals surface area contributed by atoms with Gasteiger partial charge in [-0.15, -0.1) is 11.8 Å². The van der Waals surface area contributed by atoms with Crippen molar-refractivity contribution in [2.75, 3.05) is 12.4 Å². The maximum atomic E-state index is 11.3. The summed E-state index contributed by atoms with van der Waals surface area (Å²) in [6.45, 7) is 3.85. The molecule has 1 aromatic rings. The maximum Gasteiger partial charge on any atom is 0.338 e. The summed E-state index contributed by atoms with van der Waals surface area (Å²) in [5.74, 6) is 0.110. The molecule has 2 atom stereocenters. The number of hydrogen-bond acceptors (Lipinski definition) is 5. The number of carbonyl (C=O) groups excluding carboxylic acids is 1. The lowest BCUT2D eigenvalue weighted by molar-refractivity contribution is -0.159. The van der Waals surface area contributed by atoms with E-state index in [4.69, 9.17) is 0 Å². The zero-order valence-corrected chi connectivity index (χ0v) is 11.3. The molecular weight excluding hydrogens is 252 g/mol. The number of aliphatic hydroxyl groups excluding tert-OH is 2. The van der Waals surface area contributed by atoms with Gasteiger partial charge in [0.2, 0.25) is 0 Å². The van der Waals surface area contributed by atoms with E-state index in [1.54, 1.807) is 36.9 Å². The number of aliphatic hydroxyl groups is 2. The summed E-state index contributed by atoms with van der Waals surface area (Å²) in [5, 5.41) is 19.6. The minimum atomic E-state index is -1.55. The molecule has 0 aromatic heterocycles. The quantitative estimate of drug-likeness (QED) is 0.609. The number of thioether (sulfide) groups is 1. The van der Waals surface area contributed by atoms with Crippen molar-refractivity contribution in [3.8, 4) is 0 Å². The van der Waals surface area contributed by atoms with Crippen LogP contribution < -0.4 is 0 Å². The molecule has 0 heterocycles. The van der Waals surface area contributed by atoms with Crippen LogP contribution in [0, 0.1) is 0 Å². The van der Waals surface area contributed by atoms with Crippen LogP contribution in [-0.2, 0) is 9.53 Å². The Morgan fingerprint density at radius 3 is 2.72 bits per heavy atom. The van der Waals surface area contributed by atoms with Crippen molar-refractivity contribution in [2.45, 2.75) is 31.0 Å². The third kappa shape index (κ3) is 4.01. The van der Waals surface area contributed by atoms with Gasteiger partial charge in [0.05, 0.1) is 6.61 Å². The van der Waals surface area contributed by atoms with E-state index >= 15 is 0 Å². The fourth-order valence-corrected chi connectivity index (χ4v) is 2.22. The van der Waals surface area contributed by atoms with Crippen molar-refractivity contribution in [1.29, 1.82) is 0 Å². The van der Waals surface area contributed by atoms with E-state index in [1.807, 2.05) is 13.0 Å². The first-order chi connectivity index (χ1) is 8.60. The van der Waals surface area contributed by atoms with E-state index in [0.717, 1.165) is 10.6 Å². The van der Waals surface area contributed by atoms with Gasteiger partial charge in [-0.05, 0) is 30.4 Å². The van der Waals surface area contributed by atoms with Gasteiger partial charge >= 0.3 is 5.97 Å². The van der Waals surface area contributed by atoms with E-state index in [9.17, 15) is 15.0 Å². The Hall–Kier alpha value is -1.04. The molecule has 0 saturated carbocycles. The SMILES string of the molecule is CCOC(=O)C(O)C(O)c1cccc(SCC)c1. The summed E-state index contributed by atoms with van der Waals surface area (Å²) in [6.07, 6.45) is -2.81. The van der Waals surface area contributed by atoms with E-state index in [1.165, 1.54) is 0 Å². The Labute approximate surface area is 111 Å². The Kier molecular flexibility index (Phi) is 6.18. The third-order valence-corrected chi connectivity index (χ3v) is 3.21. The molecule has 18 heavy (non-hydrogen) atoms. The summed E-state index contributed by atoms with van der Waals surface area (Å²) >= 11 is 1.63. The van der Waals surface area contributed by atoms with Gasteiger partial charge in [0.25, 0.3) is 0 Å². The van der Waals surface area contributed by atoms with Crippen molar-refractivity contribution in [2.24, 2.45) is 0 Å². The summed E-state index contributed by atoms with van der Waals surface area (Å²) in [6, 6.07) is 7.14. The van der Waals surface area contributed by atoms with E-state index < -0.39 is 18.2 Å². The van der Waals surface area contributed by atoms with Crippen molar-refractivity contribution in [3.63, 3.8) is 0 Å². The molecule has 0 aliphatic carbocycles. The highest BCUT2D eigenvalue weighted by Crippen LogP contribution is 2.24. The van der Waals surface area contributed by atoms with Crippen molar-refractivity contribution in [3.05, 3.63) is 29.8 Å². The average molecular weight is 270 g/mol. The van der Waals surface area contributed by atoms with Gasteiger partial charge in [0.15, 0.2) is 6.10 Å². The average Bonchev–Trinajstić information content (AvgIpc) is 2.38. The normalized spacial score (nSPS) is 14.0. The summed E-state index contributed by atoms with van der Waals surface area (Å²) in [7, 11) is 0. The van der Waals surface area contributed by atoms with Crippen molar-refractivity contribution in [1.82, 2.24) is 0 Å². The van der Waals surface area contributed by atoms with Gasteiger partial charge in [-0.3, -0.25) is 0 Å². The number of benzene rings is 1. The van der Waals surface area contributed by atoms with Crippen molar-refractivity contribution < 1.29 is 19.7 Å². The van der Waals surface area contributed by atoms with Crippen LogP contribution >= 0.6 is 11.8 Å². The van der Waals surface area contributed by atoms with Gasteiger partial charge in [0, 0.05) is 4.90 Å². The summed E-state index contributed by atoms with van der Waals surface area (Å²) in [5.41, 5.74) is 0.508. The van der Waals surface area contributed by atoms with Gasteiger partial charge < -0.3 is 14.9 Å². The third-order valence-electron chi connectivity index (χ3n) is 2.34. The molecule has 0 bridgehead atoms. The van der Waals surface area contributed by atoms with Gasteiger partial charge in [0.1, 0.15) is 6.10 Å². The molecule has 0 fully saturated rings. The Morgan fingerprint density at radius 2 is 2.11 bits per heavy atom. The lowest BCUT2D eigenvalue weighted by atomic mass is 10.0. The van der Waals surface area contributed by atoms with Crippen LogP contribution in [-0.4, -0.2) is 34.6 Å². The molecule has 100 valence electrons. The second kappa shape index (κ2) is 7.41. The molecule has 0 amide bonds. The smallest absolute Gasteiger partial charge is 0.338 e. The van der Waals surface area contributed by atoms with Crippen LogP contribution in [0.4, 0.5) is 0 Å². The Balaban J connectivity index is 2.79. The van der Waals surface area contributed by atoms with Gasteiger partial charge in [-0.2, -0.15) is 0 Å². The fourth-order valence-electron chi connectivity index (χ4n) is 1.49. The largest absolute Gasteiger partial charge is 0.464 e. The predicted molar refractivity (Wildman–Crippen MR) is 70.4 cm³/mol. The van der Waals surface area contributed by atoms with Crippen LogP contribution in [0.2, 0.25) is 0 Å². The monoisotopic (exact) mass is 270 g/mol. The number of carbonyl (C=O) groups is 1. The molecule has 0 spiro atoms. The van der Waals surface area contributed by atoms with E-state index in [2.05, 4.69) is 4.74 Å². The lowest BCUT2D eigenvalue weighted by Gasteiger charge is -2.17. The van der Waals surface area contributed by atoms with Gasteiger partial charge in [-0.25, -0.2) is 4.79 Å². The van der Waals surface area contributed by atoms with Crippen LogP contribution in [0.25, 0.3) is 0 Å². The van der Waals surface area contributed by atoms with E-state index in [-0.39, 0.29) is 6.61 Å². The minimum Gasteiger partial charge on any atom is -0.464 e. The van der Waals surface area contributed by atoms with E-state index in [0.29, 0.717) is 5.56 Å². The standard InChI is InChI=1S/C13H18O4S/c1-3-17-13(16)12(15)11(14)9-6-5-7-10(8-9)18-4-2/h5-8,11-12,14-15H,3-4H2,1-2H3. The van der Waals surface area contributed by atoms with Crippen LogP contribution in [0.3, 0.4) is 0 Å². The molecule has 0 aliphatic heterocycles. The molecule has 0 aliphatic rings. The molecule has 2 N–H and O–H groups in total. The predicted octanol–water partition coefficient (Wildman–Crippen LogP) is 1.76. The van der Waals surface area contributed by atoms with Crippen LogP contribution in [0.5, 0.6) is 0 Å². The topological polar surface area (TPSA) is 66.8 Å². The first-order valence-electron chi connectivity index (χ1n) is 5.85.